The summed E-state index contributed by atoms with van der Waals surface area (Å²) in [5, 5.41) is 17.5. The number of carbonyl (C=O) groups is 1. The van der Waals surface area contributed by atoms with E-state index in [1.807, 2.05) is 25.1 Å². The zero-order valence-electron chi connectivity index (χ0n) is 15.2. The molecule has 2 aromatic carbocycles. The molecule has 28 heavy (non-hydrogen) atoms. The van der Waals surface area contributed by atoms with Crippen molar-refractivity contribution in [2.75, 3.05) is 0 Å². The first kappa shape index (κ1) is 19.3. The van der Waals surface area contributed by atoms with E-state index in [0.717, 1.165) is 23.4 Å². The van der Waals surface area contributed by atoms with Crippen molar-refractivity contribution in [3.8, 4) is 11.8 Å². The van der Waals surface area contributed by atoms with Gasteiger partial charge in [0.05, 0.1) is 35.4 Å². The van der Waals surface area contributed by atoms with Crippen molar-refractivity contribution >= 4 is 23.8 Å². The largest absolute Gasteiger partial charge is 0.369 e. The van der Waals surface area contributed by atoms with Gasteiger partial charge in [-0.2, -0.15) is 10.4 Å². The minimum absolute atomic E-state index is 0.369. The molecular weight excluding hydrogens is 376 g/mol. The van der Waals surface area contributed by atoms with Crippen LogP contribution in [0, 0.1) is 11.3 Å². The minimum atomic E-state index is -0.575. The number of hydrogen-bond acceptors (Lipinski definition) is 5. The molecule has 1 aromatic heterocycles. The second kappa shape index (κ2) is 8.98. The molecule has 0 radical (unpaired) electrons. The van der Waals surface area contributed by atoms with Crippen LogP contribution in [0.1, 0.15) is 40.5 Å². The van der Waals surface area contributed by atoms with Crippen molar-refractivity contribution < 1.29 is 9.63 Å². The molecule has 0 spiro atoms. The zero-order chi connectivity index (χ0) is 19.9. The van der Waals surface area contributed by atoms with E-state index < -0.39 is 5.97 Å². The summed E-state index contributed by atoms with van der Waals surface area (Å²) in [7, 11) is 0. The Morgan fingerprint density at radius 2 is 1.96 bits per heavy atom. The molecule has 0 aliphatic carbocycles. The van der Waals surface area contributed by atoms with Crippen LogP contribution in [0.15, 0.2) is 59.9 Å². The summed E-state index contributed by atoms with van der Waals surface area (Å²) < 4.78 is 1.71. The third-order valence-corrected chi connectivity index (χ3v) is 4.28. The van der Waals surface area contributed by atoms with Gasteiger partial charge in [-0.15, -0.1) is 0 Å². The smallest absolute Gasteiger partial charge is 0.313 e. The van der Waals surface area contributed by atoms with Crippen LogP contribution in [-0.2, 0) is 11.3 Å². The number of hydrogen-bond donors (Lipinski definition) is 0. The maximum Gasteiger partial charge on any atom is 0.369 e. The molecule has 0 bridgehead atoms. The van der Waals surface area contributed by atoms with E-state index in [9.17, 15) is 4.79 Å². The minimum Gasteiger partial charge on any atom is -0.313 e. The van der Waals surface area contributed by atoms with E-state index in [1.54, 1.807) is 41.1 Å². The third-order valence-electron chi connectivity index (χ3n) is 4.02. The fraction of sp³-hybridized carbons (Fsp3) is 0.143. The van der Waals surface area contributed by atoms with Crippen LogP contribution >= 0.6 is 11.6 Å². The molecule has 1 heterocycles. The number of benzene rings is 2. The average molecular weight is 393 g/mol. The van der Waals surface area contributed by atoms with Gasteiger partial charge in [-0.1, -0.05) is 42.2 Å². The molecule has 0 amide bonds. The van der Waals surface area contributed by atoms with E-state index in [2.05, 4.69) is 10.3 Å². The Morgan fingerprint density at radius 1 is 1.25 bits per heavy atom. The van der Waals surface area contributed by atoms with Crippen molar-refractivity contribution in [1.82, 2.24) is 9.78 Å². The average Bonchev–Trinajstić information content (AvgIpc) is 3.13. The Hall–Kier alpha value is -3.43. The van der Waals surface area contributed by atoms with E-state index >= 15 is 0 Å². The second-order valence-electron chi connectivity index (χ2n) is 5.99. The van der Waals surface area contributed by atoms with Crippen LogP contribution in [0.2, 0.25) is 5.02 Å². The Labute approximate surface area is 167 Å². The van der Waals surface area contributed by atoms with Gasteiger partial charge in [0.2, 0.25) is 0 Å². The Balaban J connectivity index is 1.78. The standard InChI is InChI=1S/C21H17ClN4O2/c1-2-3-20-19(14-24-26(20)18-10-8-17(22)9-11-18)21(27)28-25-13-16-6-4-15(12-23)5-7-16/h4-11,13-14H,2-3H2,1H3. The highest BCUT2D eigenvalue weighted by Crippen LogP contribution is 2.19. The molecule has 0 unspecified atom stereocenters. The molecule has 0 fully saturated rings. The molecule has 6 nitrogen and oxygen atoms in total. The first-order valence-electron chi connectivity index (χ1n) is 8.70. The molecule has 0 saturated heterocycles. The lowest BCUT2D eigenvalue weighted by atomic mass is 10.1. The molecule has 3 aromatic rings. The number of nitriles is 1. The number of nitrogens with zero attached hydrogens (tertiary/aromatic N) is 4. The van der Waals surface area contributed by atoms with Crippen LogP contribution in [0.5, 0.6) is 0 Å². The topological polar surface area (TPSA) is 80.3 Å². The van der Waals surface area contributed by atoms with Crippen molar-refractivity contribution in [3.63, 3.8) is 0 Å². The van der Waals surface area contributed by atoms with Gasteiger partial charge in [0, 0.05) is 5.02 Å². The summed E-state index contributed by atoms with van der Waals surface area (Å²) in [6.07, 6.45) is 4.40. The second-order valence-corrected chi connectivity index (χ2v) is 6.43. The number of halogens is 1. The first-order chi connectivity index (χ1) is 13.6. The number of oxime groups is 1. The number of rotatable bonds is 6. The van der Waals surface area contributed by atoms with Gasteiger partial charge in [0.15, 0.2) is 0 Å². The van der Waals surface area contributed by atoms with Gasteiger partial charge in [0.25, 0.3) is 0 Å². The lowest BCUT2D eigenvalue weighted by Gasteiger charge is -2.08. The summed E-state index contributed by atoms with van der Waals surface area (Å²) in [5.74, 6) is -0.575. The van der Waals surface area contributed by atoms with Crippen LogP contribution < -0.4 is 0 Å². The first-order valence-corrected chi connectivity index (χ1v) is 9.08. The fourth-order valence-corrected chi connectivity index (χ4v) is 2.78. The van der Waals surface area contributed by atoms with E-state index in [-0.39, 0.29) is 0 Å². The lowest BCUT2D eigenvalue weighted by molar-refractivity contribution is 0.0518. The summed E-state index contributed by atoms with van der Waals surface area (Å²) in [5.41, 5.74) is 3.20. The Kier molecular flexibility index (Phi) is 6.20. The van der Waals surface area contributed by atoms with Crippen molar-refractivity contribution in [2.45, 2.75) is 19.8 Å². The summed E-state index contributed by atoms with van der Waals surface area (Å²) >= 11 is 5.94. The predicted molar refractivity (Wildman–Crippen MR) is 107 cm³/mol. The molecule has 140 valence electrons. The monoisotopic (exact) mass is 392 g/mol. The van der Waals surface area contributed by atoms with Crippen LogP contribution in [0.3, 0.4) is 0 Å². The molecule has 0 saturated carbocycles. The van der Waals surface area contributed by atoms with Gasteiger partial charge in [0.1, 0.15) is 5.56 Å². The summed E-state index contributed by atoms with van der Waals surface area (Å²) in [4.78, 5) is 17.5. The lowest BCUT2D eigenvalue weighted by Crippen LogP contribution is -2.08. The van der Waals surface area contributed by atoms with Gasteiger partial charge < -0.3 is 4.84 Å². The van der Waals surface area contributed by atoms with Gasteiger partial charge in [-0.3, -0.25) is 0 Å². The molecule has 3 rings (SSSR count). The maximum absolute atomic E-state index is 12.5. The Morgan fingerprint density at radius 3 is 2.61 bits per heavy atom. The number of carbonyl (C=O) groups excluding carboxylic acids is 1. The summed E-state index contributed by atoms with van der Waals surface area (Å²) in [6.45, 7) is 2.03. The molecule has 0 aliphatic heterocycles. The van der Waals surface area contributed by atoms with E-state index in [1.165, 1.54) is 12.4 Å². The van der Waals surface area contributed by atoms with Crippen molar-refractivity contribution in [3.05, 3.63) is 82.1 Å². The molecule has 0 aliphatic rings. The van der Waals surface area contributed by atoms with Crippen LogP contribution in [0.4, 0.5) is 0 Å². The van der Waals surface area contributed by atoms with Gasteiger partial charge in [-0.05, 0) is 48.4 Å². The fourth-order valence-electron chi connectivity index (χ4n) is 2.65. The molecule has 7 heteroatoms. The number of aromatic nitrogens is 2. The highest BCUT2D eigenvalue weighted by Gasteiger charge is 2.19. The highest BCUT2D eigenvalue weighted by atomic mass is 35.5. The molecular formula is C21H17ClN4O2. The summed E-state index contributed by atoms with van der Waals surface area (Å²) in [6, 6.07) is 16.0. The third kappa shape index (κ3) is 4.45. The van der Waals surface area contributed by atoms with Gasteiger partial charge >= 0.3 is 5.97 Å². The van der Waals surface area contributed by atoms with E-state index in [4.69, 9.17) is 21.7 Å². The van der Waals surface area contributed by atoms with Crippen molar-refractivity contribution in [2.24, 2.45) is 5.16 Å². The predicted octanol–water partition coefficient (Wildman–Crippen LogP) is 4.54. The van der Waals surface area contributed by atoms with Crippen LogP contribution in [-0.4, -0.2) is 22.0 Å². The highest BCUT2D eigenvalue weighted by molar-refractivity contribution is 6.30. The van der Waals surface area contributed by atoms with Crippen molar-refractivity contribution in [1.29, 1.82) is 5.26 Å². The van der Waals surface area contributed by atoms with Gasteiger partial charge in [-0.25, -0.2) is 9.48 Å². The Bertz CT molecular complexity index is 1030. The molecule has 0 atom stereocenters. The maximum atomic E-state index is 12.5. The quantitative estimate of drug-likeness (QED) is 0.350. The molecule has 0 N–H and O–H groups in total. The van der Waals surface area contributed by atoms with E-state index in [0.29, 0.717) is 22.6 Å². The normalized spacial score (nSPS) is 10.8. The zero-order valence-corrected chi connectivity index (χ0v) is 15.9. The SMILES string of the molecule is CCCc1c(C(=O)ON=Cc2ccc(C#N)cc2)cnn1-c1ccc(Cl)cc1. The van der Waals surface area contributed by atoms with Crippen LogP contribution in [0.25, 0.3) is 5.69 Å².